The van der Waals surface area contributed by atoms with E-state index in [1.807, 2.05) is 79.0 Å². The van der Waals surface area contributed by atoms with Crippen molar-refractivity contribution in [1.29, 1.82) is 0 Å². The molecule has 0 saturated carbocycles. The second kappa shape index (κ2) is 15.5. The molecule has 0 fully saturated rings. The number of fused-ring (bicyclic) bond motifs is 9. The van der Waals surface area contributed by atoms with Gasteiger partial charge in [0.05, 0.1) is 38.6 Å². The van der Waals surface area contributed by atoms with Crippen LogP contribution in [0.3, 0.4) is 0 Å². The molecule has 0 aliphatic heterocycles. The average molecular weight is 885 g/mol. The van der Waals surface area contributed by atoms with Crippen molar-refractivity contribution in [3.8, 4) is 62.9 Å². The lowest BCUT2D eigenvalue weighted by atomic mass is 10.0. The molecule has 14 aromatic rings. The van der Waals surface area contributed by atoms with Gasteiger partial charge in [0.15, 0.2) is 17.5 Å². The lowest BCUT2D eigenvalue weighted by molar-refractivity contribution is 0.947. The normalized spacial score (nSPS) is 11.8. The Hall–Kier alpha value is -9.67. The van der Waals surface area contributed by atoms with Crippen LogP contribution in [-0.4, -0.2) is 48.6 Å². The largest absolute Gasteiger partial charge is 0.308 e. The fourth-order valence-electron chi connectivity index (χ4n) is 10.00. The smallest absolute Gasteiger partial charge is 0.238 e. The van der Waals surface area contributed by atoms with Crippen LogP contribution in [-0.2, 0) is 0 Å². The molecule has 0 bridgehead atoms. The van der Waals surface area contributed by atoms with Gasteiger partial charge in [-0.1, -0.05) is 127 Å². The van der Waals surface area contributed by atoms with Gasteiger partial charge in [-0.2, -0.15) is 15.0 Å². The highest BCUT2D eigenvalue weighted by molar-refractivity contribution is 6.13. The van der Waals surface area contributed by atoms with Crippen LogP contribution in [0.15, 0.2) is 219 Å². The van der Waals surface area contributed by atoms with Crippen molar-refractivity contribution in [3.63, 3.8) is 0 Å². The summed E-state index contributed by atoms with van der Waals surface area (Å²) in [7, 11) is 0. The third kappa shape index (κ3) is 6.23. The maximum Gasteiger partial charge on any atom is 0.238 e. The molecule has 0 atom stereocenters. The van der Waals surface area contributed by atoms with Gasteiger partial charge in [0.2, 0.25) is 11.9 Å². The summed E-state index contributed by atoms with van der Waals surface area (Å²) in [5.41, 5.74) is 13.0. The van der Waals surface area contributed by atoms with E-state index in [9.17, 15) is 0 Å². The predicted octanol–water partition coefficient (Wildman–Crippen LogP) is 13.4. The first-order valence-corrected chi connectivity index (χ1v) is 22.8. The fourth-order valence-corrected chi connectivity index (χ4v) is 10.00. The van der Waals surface area contributed by atoms with Crippen molar-refractivity contribution in [2.75, 3.05) is 0 Å². The van der Waals surface area contributed by atoms with E-state index in [0.717, 1.165) is 99.1 Å². The van der Waals surface area contributed by atoms with Crippen molar-refractivity contribution in [2.45, 2.75) is 0 Å². The molecular weight excluding hydrogens is 849 g/mol. The van der Waals surface area contributed by atoms with Crippen molar-refractivity contribution < 1.29 is 0 Å². The maximum absolute atomic E-state index is 5.15. The summed E-state index contributed by atoms with van der Waals surface area (Å²) in [6.07, 6.45) is 3.45. The number of benzene rings is 8. The Bertz CT molecular complexity index is 4250. The van der Waals surface area contributed by atoms with E-state index in [1.165, 1.54) is 0 Å². The van der Waals surface area contributed by atoms with Crippen LogP contribution in [0.25, 0.3) is 128 Å². The molecule has 0 aliphatic rings. The van der Waals surface area contributed by atoms with Gasteiger partial charge in [0.25, 0.3) is 0 Å². The quantitative estimate of drug-likeness (QED) is 0.157. The molecule has 0 spiro atoms. The van der Waals surface area contributed by atoms with Gasteiger partial charge in [0.1, 0.15) is 6.33 Å². The van der Waals surface area contributed by atoms with Gasteiger partial charge in [-0.3, -0.25) is 14.1 Å². The van der Waals surface area contributed by atoms with Crippen molar-refractivity contribution >= 4 is 65.5 Å². The highest BCUT2D eigenvalue weighted by Crippen LogP contribution is 2.39. The number of hydrogen-bond donors (Lipinski definition) is 0. The van der Waals surface area contributed by atoms with Crippen molar-refractivity contribution in [1.82, 2.24) is 48.6 Å². The van der Waals surface area contributed by atoms with Gasteiger partial charge < -0.3 is 4.57 Å². The van der Waals surface area contributed by atoms with Gasteiger partial charge in [-0.15, -0.1) is 0 Å². The van der Waals surface area contributed by atoms with E-state index in [4.69, 9.17) is 34.9 Å². The summed E-state index contributed by atoms with van der Waals surface area (Å²) >= 11 is 0. The molecule has 6 aromatic heterocycles. The second-order valence-corrected chi connectivity index (χ2v) is 17.1. The van der Waals surface area contributed by atoms with Gasteiger partial charge in [-0.25, -0.2) is 15.0 Å². The number of para-hydroxylation sites is 3. The Morgan fingerprint density at radius 2 is 0.754 bits per heavy atom. The number of aromatic nitrogens is 10. The van der Waals surface area contributed by atoms with E-state index in [2.05, 4.69) is 147 Å². The molecule has 0 amide bonds. The SMILES string of the molecule is c1ccc(-c2nc(-c3ccccc3)nc(-n3c4ccccc4c4cc(-c5ccc6c(c5)c5ccccc5n6-c5ncnc(-c6ccc7c(c6)c6ncccc6n7-c6ccccc6)n5)ccc43)n2)cc1. The molecule has 69 heavy (non-hydrogen) atoms. The van der Waals surface area contributed by atoms with E-state index >= 15 is 0 Å². The van der Waals surface area contributed by atoms with Crippen LogP contribution in [0.5, 0.6) is 0 Å². The highest BCUT2D eigenvalue weighted by Gasteiger charge is 2.21. The first-order chi connectivity index (χ1) is 34.2. The minimum atomic E-state index is 0.544. The lowest BCUT2D eigenvalue weighted by Gasteiger charge is -2.11. The minimum absolute atomic E-state index is 0.544. The Kier molecular flexibility index (Phi) is 8.65. The number of nitrogens with zero attached hydrogens (tertiary/aromatic N) is 10. The zero-order valence-corrected chi connectivity index (χ0v) is 36.8. The van der Waals surface area contributed by atoms with Crippen LogP contribution in [0.1, 0.15) is 0 Å². The third-order valence-corrected chi connectivity index (χ3v) is 13.1. The Morgan fingerprint density at radius 1 is 0.275 bits per heavy atom. The summed E-state index contributed by atoms with van der Waals surface area (Å²) in [4.78, 5) is 34.7. The average Bonchev–Trinajstić information content (AvgIpc) is 4.06. The van der Waals surface area contributed by atoms with Crippen LogP contribution in [0, 0.1) is 0 Å². The number of pyridine rings is 1. The van der Waals surface area contributed by atoms with Crippen LogP contribution >= 0.6 is 0 Å². The molecule has 10 heteroatoms. The molecule has 0 saturated heterocycles. The monoisotopic (exact) mass is 884 g/mol. The first kappa shape index (κ1) is 38.6. The molecular formula is C59H36N10. The van der Waals surface area contributed by atoms with Crippen molar-refractivity contribution in [3.05, 3.63) is 219 Å². The molecule has 8 aromatic carbocycles. The predicted molar refractivity (Wildman–Crippen MR) is 276 cm³/mol. The van der Waals surface area contributed by atoms with E-state index in [-0.39, 0.29) is 0 Å². The summed E-state index contributed by atoms with van der Waals surface area (Å²) in [5.74, 6) is 2.92. The first-order valence-electron chi connectivity index (χ1n) is 22.8. The molecule has 0 unspecified atom stereocenters. The summed E-state index contributed by atoms with van der Waals surface area (Å²) < 4.78 is 6.55. The lowest BCUT2D eigenvalue weighted by Crippen LogP contribution is -2.06. The zero-order valence-electron chi connectivity index (χ0n) is 36.8. The molecule has 0 N–H and O–H groups in total. The van der Waals surface area contributed by atoms with Gasteiger partial charge in [-0.05, 0) is 90.0 Å². The number of rotatable bonds is 7. The molecule has 6 heterocycles. The molecule has 14 rings (SSSR count). The van der Waals surface area contributed by atoms with Gasteiger partial charge >= 0.3 is 0 Å². The van der Waals surface area contributed by atoms with Crippen LogP contribution in [0.4, 0.5) is 0 Å². The van der Waals surface area contributed by atoms with Gasteiger partial charge in [0, 0.05) is 55.5 Å². The standard InChI is InChI=1S/C59H36N10/c1-4-15-37(16-5-1)56-63-57(38-17-6-2-7-18-38)66-59(65-56)69-49-24-13-11-22-44(49)46-34-40(27-30-51(46)69)39-26-29-50-45(33-39)43-21-10-12-23-48(43)68(50)58-62-36-61-55(64-58)41-28-31-52-47(35-41)54-53(25-14-32-60-54)67(52)42-19-8-3-9-20-42/h1-36H. The zero-order chi connectivity index (χ0) is 45.4. The fraction of sp³-hybridized carbons (Fsp3) is 0. The maximum atomic E-state index is 5.15. The van der Waals surface area contributed by atoms with E-state index < -0.39 is 0 Å². The summed E-state index contributed by atoms with van der Waals surface area (Å²) in [5, 5.41) is 5.44. The molecule has 0 radical (unpaired) electrons. The minimum Gasteiger partial charge on any atom is -0.308 e. The Labute approximate surface area is 394 Å². The second-order valence-electron chi connectivity index (χ2n) is 17.1. The van der Waals surface area contributed by atoms with Crippen LogP contribution < -0.4 is 0 Å². The Morgan fingerprint density at radius 3 is 1.38 bits per heavy atom. The Balaban J connectivity index is 0.881. The molecule has 10 nitrogen and oxygen atoms in total. The van der Waals surface area contributed by atoms with E-state index in [0.29, 0.717) is 29.4 Å². The topological polar surface area (TPSA) is 105 Å². The third-order valence-electron chi connectivity index (χ3n) is 13.1. The summed E-state index contributed by atoms with van der Waals surface area (Å²) in [6, 6.07) is 71.2. The highest BCUT2D eigenvalue weighted by atomic mass is 15.2. The van der Waals surface area contributed by atoms with E-state index in [1.54, 1.807) is 6.33 Å². The summed E-state index contributed by atoms with van der Waals surface area (Å²) in [6.45, 7) is 0. The van der Waals surface area contributed by atoms with Crippen LogP contribution in [0.2, 0.25) is 0 Å². The molecule has 0 aliphatic carbocycles. The van der Waals surface area contributed by atoms with Crippen molar-refractivity contribution in [2.24, 2.45) is 0 Å². The molecule has 322 valence electrons. The number of hydrogen-bond acceptors (Lipinski definition) is 7.